The second-order valence-electron chi connectivity index (χ2n) is 5.33. The van der Waals surface area contributed by atoms with Crippen molar-refractivity contribution in [2.45, 2.75) is 18.0 Å². The summed E-state index contributed by atoms with van der Waals surface area (Å²) in [7, 11) is 0. The van der Waals surface area contributed by atoms with Gasteiger partial charge in [0.1, 0.15) is 0 Å². The number of fused-ring (bicyclic) bond motifs is 1. The fourth-order valence-corrected chi connectivity index (χ4v) is 3.06. The Morgan fingerprint density at radius 3 is 2.61 bits per heavy atom. The van der Waals surface area contributed by atoms with Crippen molar-refractivity contribution < 1.29 is 4.79 Å². The maximum absolute atomic E-state index is 12.1. The number of aromatic nitrogens is 1. The third-order valence-electron chi connectivity index (χ3n) is 3.60. The molecule has 1 aromatic heterocycles. The summed E-state index contributed by atoms with van der Waals surface area (Å²) < 4.78 is 0. The first kappa shape index (κ1) is 15.6. The van der Waals surface area contributed by atoms with E-state index in [0.29, 0.717) is 5.75 Å². The second kappa shape index (κ2) is 7.29. The Kier molecular flexibility index (Phi) is 4.93. The number of nitrogens with zero attached hydrogens (tertiary/aromatic N) is 1. The van der Waals surface area contributed by atoms with Crippen molar-refractivity contribution in [3.63, 3.8) is 0 Å². The Balaban J connectivity index is 1.57. The van der Waals surface area contributed by atoms with E-state index in [1.807, 2.05) is 73.7 Å². The molecule has 0 aliphatic heterocycles. The van der Waals surface area contributed by atoms with Gasteiger partial charge >= 0.3 is 0 Å². The number of pyridine rings is 1. The third-order valence-corrected chi connectivity index (χ3v) is 4.53. The van der Waals surface area contributed by atoms with E-state index in [9.17, 15) is 4.79 Å². The molecule has 2 aromatic carbocycles. The largest absolute Gasteiger partial charge is 0.349 e. The normalized spacial score (nSPS) is 12.0. The monoisotopic (exact) mass is 322 g/mol. The van der Waals surface area contributed by atoms with Crippen LogP contribution >= 0.6 is 11.8 Å². The number of rotatable bonds is 5. The molecular weight excluding hydrogens is 304 g/mol. The topological polar surface area (TPSA) is 42.0 Å². The van der Waals surface area contributed by atoms with E-state index in [1.54, 1.807) is 0 Å². The number of para-hydroxylation sites is 1. The predicted octanol–water partition coefficient (Wildman–Crippen LogP) is 4.20. The Labute approximate surface area is 140 Å². The van der Waals surface area contributed by atoms with Crippen LogP contribution in [-0.4, -0.2) is 16.6 Å². The molecule has 116 valence electrons. The van der Waals surface area contributed by atoms with Gasteiger partial charge in [0.05, 0.1) is 22.3 Å². The average Bonchev–Trinajstić information content (AvgIpc) is 2.60. The number of thioether (sulfide) groups is 1. The molecule has 0 spiro atoms. The summed E-state index contributed by atoms with van der Waals surface area (Å²) in [4.78, 5) is 16.7. The molecule has 4 heteroatoms. The van der Waals surface area contributed by atoms with Crippen molar-refractivity contribution in [2.75, 3.05) is 5.75 Å². The molecule has 0 aliphatic carbocycles. The molecule has 1 amide bonds. The van der Waals surface area contributed by atoms with Crippen LogP contribution in [0.3, 0.4) is 0 Å². The van der Waals surface area contributed by atoms with E-state index in [4.69, 9.17) is 0 Å². The van der Waals surface area contributed by atoms with Crippen molar-refractivity contribution in [3.05, 3.63) is 72.3 Å². The number of benzene rings is 2. The van der Waals surface area contributed by atoms with E-state index in [0.717, 1.165) is 21.5 Å². The molecule has 1 atom stereocenters. The highest BCUT2D eigenvalue weighted by molar-refractivity contribution is 7.99. The summed E-state index contributed by atoms with van der Waals surface area (Å²) in [6.07, 6.45) is 0. The number of amides is 1. The number of carbonyl (C=O) groups excluding carboxylic acids is 1. The van der Waals surface area contributed by atoms with Crippen LogP contribution in [0, 0.1) is 0 Å². The summed E-state index contributed by atoms with van der Waals surface area (Å²) in [5.74, 6) is 0.379. The minimum atomic E-state index is 0.00821. The van der Waals surface area contributed by atoms with E-state index < -0.39 is 0 Å². The molecular formula is C19H18N2OS. The molecule has 0 bridgehead atoms. The second-order valence-corrected chi connectivity index (χ2v) is 6.33. The van der Waals surface area contributed by atoms with Crippen LogP contribution in [0.15, 0.2) is 71.8 Å². The molecule has 3 rings (SSSR count). The summed E-state index contributed by atoms with van der Waals surface area (Å²) in [6.45, 7) is 1.99. The maximum Gasteiger partial charge on any atom is 0.230 e. The van der Waals surface area contributed by atoms with Crippen LogP contribution in [0.25, 0.3) is 10.9 Å². The number of hydrogen-bond donors (Lipinski definition) is 1. The first-order valence-electron chi connectivity index (χ1n) is 7.55. The third kappa shape index (κ3) is 4.11. The molecule has 0 saturated carbocycles. The van der Waals surface area contributed by atoms with Crippen molar-refractivity contribution in [1.29, 1.82) is 0 Å². The van der Waals surface area contributed by atoms with Gasteiger partial charge in [0.25, 0.3) is 0 Å². The highest BCUT2D eigenvalue weighted by atomic mass is 32.2. The first-order chi connectivity index (χ1) is 11.2. The van der Waals surface area contributed by atoms with Gasteiger partial charge < -0.3 is 5.32 Å². The minimum absolute atomic E-state index is 0.00821. The van der Waals surface area contributed by atoms with Gasteiger partial charge in [-0.05, 0) is 24.6 Å². The molecule has 1 N–H and O–H groups in total. The zero-order chi connectivity index (χ0) is 16.1. The van der Waals surface area contributed by atoms with Crippen molar-refractivity contribution in [2.24, 2.45) is 0 Å². The molecule has 0 fully saturated rings. The Morgan fingerprint density at radius 2 is 1.78 bits per heavy atom. The lowest BCUT2D eigenvalue weighted by Gasteiger charge is -2.14. The predicted molar refractivity (Wildman–Crippen MR) is 95.5 cm³/mol. The highest BCUT2D eigenvalue weighted by Gasteiger charge is 2.10. The Morgan fingerprint density at radius 1 is 1.04 bits per heavy atom. The van der Waals surface area contributed by atoms with Gasteiger partial charge in [-0.3, -0.25) is 4.79 Å². The van der Waals surface area contributed by atoms with Crippen LogP contribution in [-0.2, 0) is 4.79 Å². The zero-order valence-corrected chi connectivity index (χ0v) is 13.7. The van der Waals surface area contributed by atoms with Crippen molar-refractivity contribution in [3.8, 4) is 0 Å². The average molecular weight is 322 g/mol. The molecule has 3 nitrogen and oxygen atoms in total. The van der Waals surface area contributed by atoms with Crippen LogP contribution < -0.4 is 5.32 Å². The van der Waals surface area contributed by atoms with E-state index >= 15 is 0 Å². The molecule has 3 aromatic rings. The van der Waals surface area contributed by atoms with Crippen LogP contribution in [0.5, 0.6) is 0 Å². The van der Waals surface area contributed by atoms with Gasteiger partial charge in [0.15, 0.2) is 0 Å². The summed E-state index contributed by atoms with van der Waals surface area (Å²) in [5.41, 5.74) is 2.06. The molecule has 0 saturated heterocycles. The summed E-state index contributed by atoms with van der Waals surface area (Å²) in [6, 6.07) is 21.9. The number of hydrogen-bond acceptors (Lipinski definition) is 3. The zero-order valence-electron chi connectivity index (χ0n) is 12.9. The minimum Gasteiger partial charge on any atom is -0.349 e. The van der Waals surface area contributed by atoms with Gasteiger partial charge in [0.2, 0.25) is 5.91 Å². The lowest BCUT2D eigenvalue weighted by atomic mass is 10.1. The molecule has 0 aliphatic rings. The van der Waals surface area contributed by atoms with Gasteiger partial charge in [-0.2, -0.15) is 0 Å². The van der Waals surface area contributed by atoms with E-state index in [1.165, 1.54) is 11.8 Å². The lowest BCUT2D eigenvalue weighted by molar-refractivity contribution is -0.119. The smallest absolute Gasteiger partial charge is 0.230 e. The van der Waals surface area contributed by atoms with Crippen LogP contribution in [0.1, 0.15) is 18.5 Å². The van der Waals surface area contributed by atoms with Gasteiger partial charge in [-0.25, -0.2) is 4.98 Å². The van der Waals surface area contributed by atoms with Gasteiger partial charge in [0, 0.05) is 5.39 Å². The number of carbonyl (C=O) groups is 1. The van der Waals surface area contributed by atoms with E-state index in [2.05, 4.69) is 10.3 Å². The molecule has 23 heavy (non-hydrogen) atoms. The SMILES string of the molecule is C[C@H](NC(=O)CSc1ccc2ccccc2n1)c1ccccc1. The molecule has 0 unspecified atom stereocenters. The lowest BCUT2D eigenvalue weighted by Crippen LogP contribution is -2.28. The maximum atomic E-state index is 12.1. The fourth-order valence-electron chi connectivity index (χ4n) is 2.38. The Hall–Kier alpha value is -2.33. The highest BCUT2D eigenvalue weighted by Crippen LogP contribution is 2.20. The van der Waals surface area contributed by atoms with Crippen molar-refractivity contribution >= 4 is 28.6 Å². The standard InChI is InChI=1S/C19H18N2OS/c1-14(15-7-3-2-4-8-15)20-18(22)13-23-19-12-11-16-9-5-6-10-17(16)21-19/h2-12,14H,13H2,1H3,(H,20,22)/t14-/m0/s1. The van der Waals surface area contributed by atoms with Gasteiger partial charge in [-0.15, -0.1) is 0 Å². The quantitative estimate of drug-likeness (QED) is 0.716. The van der Waals surface area contributed by atoms with Crippen LogP contribution in [0.4, 0.5) is 0 Å². The van der Waals surface area contributed by atoms with E-state index in [-0.39, 0.29) is 11.9 Å². The van der Waals surface area contributed by atoms with Crippen molar-refractivity contribution in [1.82, 2.24) is 10.3 Å². The van der Waals surface area contributed by atoms with Gasteiger partial charge in [-0.1, -0.05) is 66.4 Å². The molecule has 0 radical (unpaired) electrons. The van der Waals surface area contributed by atoms with Crippen LogP contribution in [0.2, 0.25) is 0 Å². The first-order valence-corrected chi connectivity index (χ1v) is 8.54. The summed E-state index contributed by atoms with van der Waals surface area (Å²) in [5, 5.41) is 4.99. The molecule has 1 heterocycles. The Bertz CT molecular complexity index is 805. The summed E-state index contributed by atoms with van der Waals surface area (Å²) >= 11 is 1.46. The number of nitrogens with one attached hydrogen (secondary N) is 1. The fraction of sp³-hybridized carbons (Fsp3) is 0.158.